The minimum atomic E-state index is -4.27. The zero-order valence-electron chi connectivity index (χ0n) is 12.4. The molecule has 7 nitrogen and oxygen atoms in total. The molecule has 3 aromatic rings. The normalized spacial score (nSPS) is 11.6. The Hall–Kier alpha value is -2.39. The Labute approximate surface area is 146 Å². The summed E-state index contributed by atoms with van der Waals surface area (Å²) in [4.78, 5) is 18.5. The second-order valence-corrected chi connectivity index (χ2v) is 7.73. The van der Waals surface area contributed by atoms with Crippen LogP contribution in [0.2, 0.25) is 0 Å². The molecule has 3 rings (SSSR count). The van der Waals surface area contributed by atoms with E-state index < -0.39 is 16.1 Å². The van der Waals surface area contributed by atoms with Crippen molar-refractivity contribution in [3.63, 3.8) is 0 Å². The van der Waals surface area contributed by atoms with Crippen molar-refractivity contribution in [1.29, 1.82) is 0 Å². The van der Waals surface area contributed by atoms with Gasteiger partial charge in [0.05, 0.1) is 16.8 Å². The van der Waals surface area contributed by atoms with Gasteiger partial charge in [-0.05, 0) is 41.1 Å². The summed E-state index contributed by atoms with van der Waals surface area (Å²) >= 11 is 3.30. The average Bonchev–Trinajstić information content (AvgIpc) is 2.88. The number of aromatic amines is 1. The number of sulfonamides is 1. The second-order valence-electron chi connectivity index (χ2n) is 5.09. The van der Waals surface area contributed by atoms with Gasteiger partial charge < -0.3 is 10.1 Å². The SMILES string of the molecule is Cc1ccc(S(=O)(=O)N(C(=O)O)c2cnc3[nH]cc(Br)c3c2)cc1. The van der Waals surface area contributed by atoms with Crippen LogP contribution in [-0.2, 0) is 10.0 Å². The zero-order chi connectivity index (χ0) is 17.5. The van der Waals surface area contributed by atoms with E-state index in [1.807, 2.05) is 6.92 Å². The summed E-state index contributed by atoms with van der Waals surface area (Å²) in [6, 6.07) is 7.41. The lowest BCUT2D eigenvalue weighted by Crippen LogP contribution is -2.35. The second kappa shape index (κ2) is 5.91. The topological polar surface area (TPSA) is 103 Å². The highest BCUT2D eigenvalue weighted by atomic mass is 79.9. The summed E-state index contributed by atoms with van der Waals surface area (Å²) < 4.78 is 26.5. The molecule has 0 saturated heterocycles. The first-order valence-corrected chi connectivity index (χ1v) is 9.01. The first-order chi connectivity index (χ1) is 11.3. The number of pyridine rings is 1. The number of anilines is 1. The number of halogens is 1. The maximum absolute atomic E-state index is 12.7. The maximum atomic E-state index is 12.7. The van der Waals surface area contributed by atoms with E-state index >= 15 is 0 Å². The van der Waals surface area contributed by atoms with Crippen molar-refractivity contribution < 1.29 is 18.3 Å². The molecule has 9 heteroatoms. The van der Waals surface area contributed by atoms with Gasteiger partial charge in [0.25, 0.3) is 10.0 Å². The number of H-pyrrole nitrogens is 1. The van der Waals surface area contributed by atoms with E-state index in [1.165, 1.54) is 24.4 Å². The van der Waals surface area contributed by atoms with Gasteiger partial charge in [0.1, 0.15) is 5.65 Å². The van der Waals surface area contributed by atoms with Crippen molar-refractivity contribution in [2.24, 2.45) is 0 Å². The fourth-order valence-electron chi connectivity index (χ4n) is 2.24. The van der Waals surface area contributed by atoms with Crippen molar-refractivity contribution in [2.45, 2.75) is 11.8 Å². The molecule has 0 aliphatic heterocycles. The number of fused-ring (bicyclic) bond motifs is 1. The van der Waals surface area contributed by atoms with Gasteiger partial charge >= 0.3 is 6.09 Å². The summed E-state index contributed by atoms with van der Waals surface area (Å²) in [5.41, 5.74) is 1.33. The van der Waals surface area contributed by atoms with E-state index in [9.17, 15) is 18.3 Å². The van der Waals surface area contributed by atoms with Crippen molar-refractivity contribution >= 4 is 48.8 Å². The molecule has 0 unspecified atom stereocenters. The molecule has 0 saturated carbocycles. The maximum Gasteiger partial charge on any atom is 0.426 e. The molecule has 2 aromatic heterocycles. The van der Waals surface area contributed by atoms with Crippen LogP contribution < -0.4 is 4.31 Å². The van der Waals surface area contributed by atoms with Gasteiger partial charge in [0.2, 0.25) is 0 Å². The predicted molar refractivity (Wildman–Crippen MR) is 92.7 cm³/mol. The van der Waals surface area contributed by atoms with Crippen LogP contribution >= 0.6 is 15.9 Å². The Morgan fingerprint density at radius 1 is 1.29 bits per heavy atom. The Morgan fingerprint density at radius 3 is 2.58 bits per heavy atom. The molecule has 124 valence electrons. The number of benzene rings is 1. The van der Waals surface area contributed by atoms with Crippen LogP contribution in [0.4, 0.5) is 10.5 Å². The molecule has 0 fully saturated rings. The van der Waals surface area contributed by atoms with E-state index in [0.29, 0.717) is 19.8 Å². The predicted octanol–water partition coefficient (Wildman–Crippen LogP) is 3.51. The van der Waals surface area contributed by atoms with E-state index in [0.717, 1.165) is 5.56 Å². The fourth-order valence-corrected chi connectivity index (χ4v) is 3.93. The summed E-state index contributed by atoms with van der Waals surface area (Å²) in [6.45, 7) is 1.81. The number of nitrogens with zero attached hydrogens (tertiary/aromatic N) is 2. The average molecular weight is 410 g/mol. The summed E-state index contributed by atoms with van der Waals surface area (Å²) in [6.07, 6.45) is 1.23. The third-order valence-electron chi connectivity index (χ3n) is 3.43. The van der Waals surface area contributed by atoms with Crippen LogP contribution in [0.1, 0.15) is 5.56 Å². The zero-order valence-corrected chi connectivity index (χ0v) is 14.8. The lowest BCUT2D eigenvalue weighted by molar-refractivity contribution is 0.206. The monoisotopic (exact) mass is 409 g/mol. The molecule has 0 spiro atoms. The number of hydrogen-bond donors (Lipinski definition) is 2. The number of aromatic nitrogens is 2. The Balaban J connectivity index is 2.16. The molecule has 2 N–H and O–H groups in total. The van der Waals surface area contributed by atoms with Crippen LogP contribution in [0, 0.1) is 6.92 Å². The van der Waals surface area contributed by atoms with E-state index in [-0.39, 0.29) is 10.6 Å². The summed E-state index contributed by atoms with van der Waals surface area (Å²) in [5, 5.41) is 10.1. The van der Waals surface area contributed by atoms with Crippen LogP contribution in [0.3, 0.4) is 0 Å². The molecule has 0 aliphatic carbocycles. The number of hydrogen-bond acceptors (Lipinski definition) is 4. The van der Waals surface area contributed by atoms with Crippen molar-refractivity contribution in [2.75, 3.05) is 4.31 Å². The first-order valence-electron chi connectivity index (χ1n) is 6.78. The molecule has 0 bridgehead atoms. The van der Waals surface area contributed by atoms with Crippen molar-refractivity contribution in [3.8, 4) is 0 Å². The van der Waals surface area contributed by atoms with Gasteiger partial charge in [-0.3, -0.25) is 0 Å². The molecule has 2 heterocycles. The molecule has 0 aliphatic rings. The van der Waals surface area contributed by atoms with Gasteiger partial charge in [-0.2, -0.15) is 4.31 Å². The highest BCUT2D eigenvalue weighted by molar-refractivity contribution is 9.10. The van der Waals surface area contributed by atoms with Gasteiger partial charge in [0, 0.05) is 16.1 Å². The lowest BCUT2D eigenvalue weighted by Gasteiger charge is -2.19. The highest BCUT2D eigenvalue weighted by Gasteiger charge is 2.31. The number of nitrogens with one attached hydrogen (secondary N) is 1. The molecule has 1 aromatic carbocycles. The number of carbonyl (C=O) groups is 1. The Kier molecular flexibility index (Phi) is 4.06. The van der Waals surface area contributed by atoms with Gasteiger partial charge in [0.15, 0.2) is 0 Å². The minimum absolute atomic E-state index is 0.0594. The van der Waals surface area contributed by atoms with Crippen LogP contribution in [0.15, 0.2) is 52.1 Å². The van der Waals surface area contributed by atoms with Crippen molar-refractivity contribution in [3.05, 3.63) is 52.8 Å². The van der Waals surface area contributed by atoms with Crippen molar-refractivity contribution in [1.82, 2.24) is 9.97 Å². The van der Waals surface area contributed by atoms with E-state index in [2.05, 4.69) is 25.9 Å². The lowest BCUT2D eigenvalue weighted by atomic mass is 10.2. The summed E-state index contributed by atoms with van der Waals surface area (Å²) in [5.74, 6) is 0. The standard InChI is InChI=1S/C15H12BrN3O4S/c1-9-2-4-11(5-3-9)24(22,23)19(15(20)21)10-6-12-13(16)8-18-14(12)17-7-10/h2-8H,1H3,(H,17,18)(H,20,21). The fraction of sp³-hybridized carbons (Fsp3) is 0.0667. The molecular formula is C15H12BrN3O4S. The van der Waals surface area contributed by atoms with Crippen LogP contribution in [0.5, 0.6) is 0 Å². The molecular weight excluding hydrogens is 398 g/mol. The Morgan fingerprint density at radius 2 is 1.96 bits per heavy atom. The van der Waals surface area contributed by atoms with E-state index in [4.69, 9.17) is 0 Å². The third kappa shape index (κ3) is 2.76. The number of carboxylic acid groups (broad SMARTS) is 1. The highest BCUT2D eigenvalue weighted by Crippen LogP contribution is 2.29. The number of amides is 1. The smallest absolute Gasteiger partial charge is 0.426 e. The number of rotatable bonds is 3. The molecule has 1 amide bonds. The molecule has 0 radical (unpaired) electrons. The molecule has 24 heavy (non-hydrogen) atoms. The van der Waals surface area contributed by atoms with Gasteiger partial charge in [-0.25, -0.2) is 18.2 Å². The minimum Gasteiger partial charge on any atom is -0.464 e. The van der Waals surface area contributed by atoms with Crippen LogP contribution in [-0.4, -0.2) is 29.6 Å². The van der Waals surface area contributed by atoms with Gasteiger partial charge in [-0.1, -0.05) is 17.7 Å². The molecule has 0 atom stereocenters. The Bertz CT molecular complexity index is 1030. The summed E-state index contributed by atoms with van der Waals surface area (Å²) in [7, 11) is -4.27. The number of aryl methyl sites for hydroxylation is 1. The third-order valence-corrected chi connectivity index (χ3v) is 5.81. The first kappa shape index (κ1) is 16.5. The van der Waals surface area contributed by atoms with E-state index in [1.54, 1.807) is 18.3 Å². The van der Waals surface area contributed by atoms with Gasteiger partial charge in [-0.15, -0.1) is 0 Å². The largest absolute Gasteiger partial charge is 0.464 e. The quantitative estimate of drug-likeness (QED) is 0.688. The van der Waals surface area contributed by atoms with Crippen LogP contribution in [0.25, 0.3) is 11.0 Å².